The molecule has 9 heteroatoms. The van der Waals surface area contributed by atoms with Gasteiger partial charge in [-0.1, -0.05) is 18.2 Å². The smallest absolute Gasteiger partial charge is 0.407 e. The van der Waals surface area contributed by atoms with Crippen molar-refractivity contribution in [3.05, 3.63) is 59.9 Å². The number of carboxylic acid groups (broad SMARTS) is 1. The van der Waals surface area contributed by atoms with Crippen molar-refractivity contribution < 1.29 is 22.7 Å². The molecule has 1 aliphatic rings. The second kappa shape index (κ2) is 8.48. The number of nitrogens with zero attached hydrogens (tertiary/aromatic N) is 2. The van der Waals surface area contributed by atoms with Gasteiger partial charge >= 0.3 is 6.09 Å². The minimum Gasteiger partial charge on any atom is -0.465 e. The molecule has 2 heterocycles. The van der Waals surface area contributed by atoms with Crippen LogP contribution in [0.3, 0.4) is 0 Å². The van der Waals surface area contributed by atoms with Crippen molar-refractivity contribution >= 4 is 32.8 Å². The number of benzene rings is 2. The molecule has 170 valence electrons. The van der Waals surface area contributed by atoms with Crippen LogP contribution in [0.15, 0.2) is 58.0 Å². The van der Waals surface area contributed by atoms with Crippen molar-refractivity contribution in [1.29, 1.82) is 0 Å². The zero-order chi connectivity index (χ0) is 23.0. The largest absolute Gasteiger partial charge is 0.465 e. The van der Waals surface area contributed by atoms with E-state index in [1.807, 2.05) is 13.8 Å². The van der Waals surface area contributed by atoms with Crippen LogP contribution >= 0.6 is 0 Å². The fourth-order valence-electron chi connectivity index (χ4n) is 4.30. The Morgan fingerprint density at radius 3 is 2.62 bits per heavy atom. The van der Waals surface area contributed by atoms with Crippen LogP contribution in [0, 0.1) is 6.92 Å². The predicted molar refractivity (Wildman–Crippen MR) is 122 cm³/mol. The van der Waals surface area contributed by atoms with Gasteiger partial charge in [-0.3, -0.25) is 9.62 Å². The Kier molecular flexibility index (Phi) is 5.87. The summed E-state index contributed by atoms with van der Waals surface area (Å²) in [6, 6.07) is 12.1. The van der Waals surface area contributed by atoms with Crippen LogP contribution in [0.4, 0.5) is 10.5 Å². The molecule has 2 unspecified atom stereocenters. The molecule has 2 aromatic carbocycles. The van der Waals surface area contributed by atoms with Crippen LogP contribution in [0.25, 0.3) is 11.0 Å². The summed E-state index contributed by atoms with van der Waals surface area (Å²) in [5.74, 6) is 0. The first kappa shape index (κ1) is 22.2. The molecule has 3 aromatic rings. The molecule has 1 fully saturated rings. The number of anilines is 1. The lowest BCUT2D eigenvalue weighted by molar-refractivity contribution is 0.0398. The summed E-state index contributed by atoms with van der Waals surface area (Å²) in [6.45, 7) is 7.15. The Hall–Kier alpha value is -3.04. The number of hydrogen-bond acceptors (Lipinski definition) is 5. The van der Waals surface area contributed by atoms with Gasteiger partial charge in [0, 0.05) is 42.7 Å². The summed E-state index contributed by atoms with van der Waals surface area (Å²) >= 11 is 0. The average molecular weight is 458 g/mol. The molecule has 32 heavy (non-hydrogen) atoms. The molecule has 2 N–H and O–H groups in total. The fraction of sp³-hybridized carbons (Fsp3) is 0.348. The van der Waals surface area contributed by atoms with Crippen molar-refractivity contribution in [1.82, 2.24) is 9.80 Å². The Labute approximate surface area is 187 Å². The minimum absolute atomic E-state index is 0.0135. The van der Waals surface area contributed by atoms with Crippen LogP contribution in [0.2, 0.25) is 0 Å². The first-order chi connectivity index (χ1) is 15.2. The number of aryl methyl sites for hydroxylation is 1. The topological polar surface area (TPSA) is 103 Å². The lowest BCUT2D eigenvalue weighted by Gasteiger charge is -2.42. The molecule has 2 atom stereocenters. The van der Waals surface area contributed by atoms with Crippen LogP contribution in [0.1, 0.15) is 25.0 Å². The number of piperazine rings is 1. The Morgan fingerprint density at radius 2 is 1.91 bits per heavy atom. The molecule has 1 saturated heterocycles. The van der Waals surface area contributed by atoms with Gasteiger partial charge in [-0.05, 0) is 50.6 Å². The highest BCUT2D eigenvalue weighted by Gasteiger charge is 2.32. The average Bonchev–Trinajstić information content (AvgIpc) is 3.19. The van der Waals surface area contributed by atoms with Crippen molar-refractivity contribution in [3.8, 4) is 0 Å². The number of hydrogen-bond donors (Lipinski definition) is 2. The monoisotopic (exact) mass is 457 g/mol. The predicted octanol–water partition coefficient (Wildman–Crippen LogP) is 4.11. The molecular weight excluding hydrogens is 430 g/mol. The SMILES string of the molecule is Cc1ccccc1S(=O)(=O)Nc1cc(CN2CC(C)N(C(=O)O)CC2C)c2occc2c1. The zero-order valence-corrected chi connectivity index (χ0v) is 19.1. The normalized spacial score (nSPS) is 19.9. The lowest BCUT2D eigenvalue weighted by atomic mass is 10.1. The Bertz CT molecular complexity index is 1250. The third-order valence-electron chi connectivity index (χ3n) is 6.00. The summed E-state index contributed by atoms with van der Waals surface area (Å²) in [5, 5.41) is 10.2. The van der Waals surface area contributed by atoms with Gasteiger partial charge < -0.3 is 14.4 Å². The van der Waals surface area contributed by atoms with Crippen molar-refractivity contribution in [3.63, 3.8) is 0 Å². The van der Waals surface area contributed by atoms with E-state index in [0.29, 0.717) is 36.5 Å². The van der Waals surface area contributed by atoms with Gasteiger partial charge in [0.25, 0.3) is 10.0 Å². The highest BCUT2D eigenvalue weighted by atomic mass is 32.2. The highest BCUT2D eigenvalue weighted by molar-refractivity contribution is 7.92. The number of fused-ring (bicyclic) bond motifs is 1. The van der Waals surface area contributed by atoms with Gasteiger partial charge in [0.2, 0.25) is 0 Å². The van der Waals surface area contributed by atoms with Crippen LogP contribution in [-0.2, 0) is 16.6 Å². The van der Waals surface area contributed by atoms with Crippen molar-refractivity contribution in [2.75, 3.05) is 17.8 Å². The van der Waals surface area contributed by atoms with Crippen LogP contribution in [0.5, 0.6) is 0 Å². The first-order valence-corrected chi connectivity index (χ1v) is 12.0. The van der Waals surface area contributed by atoms with Gasteiger partial charge in [-0.15, -0.1) is 0 Å². The van der Waals surface area contributed by atoms with Crippen LogP contribution in [-0.4, -0.2) is 54.6 Å². The molecule has 8 nitrogen and oxygen atoms in total. The van der Waals surface area contributed by atoms with Gasteiger partial charge in [0.05, 0.1) is 16.8 Å². The first-order valence-electron chi connectivity index (χ1n) is 10.5. The maximum absolute atomic E-state index is 13.0. The molecule has 1 aliphatic heterocycles. The number of sulfonamides is 1. The third kappa shape index (κ3) is 4.31. The van der Waals surface area contributed by atoms with E-state index in [1.54, 1.807) is 55.7 Å². The van der Waals surface area contributed by atoms with Crippen LogP contribution < -0.4 is 4.72 Å². The Morgan fingerprint density at radius 1 is 1.16 bits per heavy atom. The summed E-state index contributed by atoms with van der Waals surface area (Å²) in [6.07, 6.45) is 0.674. The number of nitrogens with one attached hydrogen (secondary N) is 1. The number of furan rings is 1. The van der Waals surface area contributed by atoms with E-state index in [1.165, 1.54) is 4.90 Å². The summed E-state index contributed by atoms with van der Waals surface area (Å²) in [5.41, 5.74) is 2.67. The molecule has 0 radical (unpaired) electrons. The molecule has 4 rings (SSSR count). The van der Waals surface area contributed by atoms with E-state index in [-0.39, 0.29) is 17.0 Å². The fourth-order valence-corrected chi connectivity index (χ4v) is 5.59. The van der Waals surface area contributed by atoms with Gasteiger partial charge in [-0.2, -0.15) is 0 Å². The van der Waals surface area contributed by atoms with E-state index in [2.05, 4.69) is 9.62 Å². The van der Waals surface area contributed by atoms with E-state index >= 15 is 0 Å². The highest BCUT2D eigenvalue weighted by Crippen LogP contribution is 2.29. The molecular formula is C23H27N3O5S. The number of amides is 1. The van der Waals surface area contributed by atoms with E-state index in [0.717, 1.165) is 10.9 Å². The molecule has 0 bridgehead atoms. The van der Waals surface area contributed by atoms with E-state index in [4.69, 9.17) is 4.42 Å². The van der Waals surface area contributed by atoms with Gasteiger partial charge in [0.1, 0.15) is 5.58 Å². The second-order valence-electron chi connectivity index (χ2n) is 8.41. The molecule has 1 amide bonds. The number of rotatable bonds is 5. The number of carbonyl (C=O) groups is 1. The summed E-state index contributed by atoms with van der Waals surface area (Å²) in [4.78, 5) is 15.3. The third-order valence-corrected chi connectivity index (χ3v) is 7.54. The standard InChI is InChI=1S/C23H27N3O5S/c1-15-6-4-5-7-21(15)32(29,30)24-20-10-18-8-9-31-22(18)19(11-20)14-25-12-17(3)26(23(27)28)13-16(25)2/h4-11,16-17,24H,12-14H2,1-3H3,(H,27,28). The summed E-state index contributed by atoms with van der Waals surface area (Å²) in [7, 11) is -3.75. The van der Waals surface area contributed by atoms with Crippen molar-refractivity contribution in [2.24, 2.45) is 0 Å². The molecule has 0 aliphatic carbocycles. The van der Waals surface area contributed by atoms with Gasteiger partial charge in [0.15, 0.2) is 0 Å². The maximum atomic E-state index is 13.0. The lowest BCUT2D eigenvalue weighted by Crippen LogP contribution is -2.57. The van der Waals surface area contributed by atoms with E-state index in [9.17, 15) is 18.3 Å². The van der Waals surface area contributed by atoms with Crippen molar-refractivity contribution in [2.45, 2.75) is 44.3 Å². The zero-order valence-electron chi connectivity index (χ0n) is 18.3. The molecule has 0 saturated carbocycles. The second-order valence-corrected chi connectivity index (χ2v) is 10.1. The maximum Gasteiger partial charge on any atom is 0.407 e. The minimum atomic E-state index is -3.75. The quantitative estimate of drug-likeness (QED) is 0.598. The Balaban J connectivity index is 1.63. The molecule has 1 aromatic heterocycles. The summed E-state index contributed by atoms with van der Waals surface area (Å²) < 4.78 is 34.4. The molecule has 0 spiro atoms. The van der Waals surface area contributed by atoms with Gasteiger partial charge in [-0.25, -0.2) is 13.2 Å². The van der Waals surface area contributed by atoms with E-state index < -0.39 is 16.1 Å².